The molecular weight excluding hydrogens is 224 g/mol. The van der Waals surface area contributed by atoms with E-state index in [1.165, 1.54) is 38.9 Å². The fraction of sp³-hybridized carbons (Fsp3) is 1.00. The number of aliphatic hydroxyl groups is 1. The predicted molar refractivity (Wildman–Crippen MR) is 77.8 cm³/mol. The highest BCUT2D eigenvalue weighted by Gasteiger charge is 2.23. The lowest BCUT2D eigenvalue weighted by Crippen LogP contribution is -2.45. The fourth-order valence-corrected chi connectivity index (χ4v) is 2.89. The van der Waals surface area contributed by atoms with Crippen molar-refractivity contribution in [1.82, 2.24) is 10.2 Å². The molecule has 3 heteroatoms. The predicted octanol–water partition coefficient (Wildman–Crippen LogP) is 2.11. The standard InChI is InChI=1S/C15H32N2O/c1-4-8-17-9-5-6-15(12-17)14(3)16-11-13(2)7-10-18/h13-16,18H,4-12H2,1-3H3. The van der Waals surface area contributed by atoms with Crippen LogP contribution in [-0.4, -0.2) is 48.8 Å². The van der Waals surface area contributed by atoms with Gasteiger partial charge in [0.25, 0.3) is 0 Å². The first kappa shape index (κ1) is 15.9. The van der Waals surface area contributed by atoms with E-state index in [0.29, 0.717) is 18.6 Å². The summed E-state index contributed by atoms with van der Waals surface area (Å²) in [6.07, 6.45) is 4.89. The Hall–Kier alpha value is -0.120. The molecule has 1 heterocycles. The van der Waals surface area contributed by atoms with Crippen molar-refractivity contribution in [2.24, 2.45) is 11.8 Å². The van der Waals surface area contributed by atoms with Crippen molar-refractivity contribution in [3.63, 3.8) is 0 Å². The highest BCUT2D eigenvalue weighted by molar-refractivity contribution is 4.80. The molecule has 0 aliphatic carbocycles. The molecule has 3 nitrogen and oxygen atoms in total. The maximum atomic E-state index is 8.91. The number of nitrogens with one attached hydrogen (secondary N) is 1. The topological polar surface area (TPSA) is 35.5 Å². The summed E-state index contributed by atoms with van der Waals surface area (Å²) >= 11 is 0. The highest BCUT2D eigenvalue weighted by atomic mass is 16.3. The lowest BCUT2D eigenvalue weighted by Gasteiger charge is -2.36. The summed E-state index contributed by atoms with van der Waals surface area (Å²) in [6, 6.07) is 0.603. The van der Waals surface area contributed by atoms with Crippen LogP contribution in [0.2, 0.25) is 0 Å². The summed E-state index contributed by atoms with van der Waals surface area (Å²) < 4.78 is 0. The first-order chi connectivity index (χ1) is 8.67. The van der Waals surface area contributed by atoms with Crippen molar-refractivity contribution in [2.75, 3.05) is 32.8 Å². The molecule has 3 atom stereocenters. The van der Waals surface area contributed by atoms with Crippen molar-refractivity contribution < 1.29 is 5.11 Å². The summed E-state index contributed by atoms with van der Waals surface area (Å²) in [5, 5.41) is 12.6. The average molecular weight is 256 g/mol. The second kappa shape index (κ2) is 8.89. The van der Waals surface area contributed by atoms with Gasteiger partial charge in [-0.3, -0.25) is 0 Å². The third-order valence-electron chi connectivity index (χ3n) is 4.20. The number of hydrogen-bond donors (Lipinski definition) is 2. The molecule has 0 spiro atoms. The second-order valence-electron chi connectivity index (χ2n) is 6.02. The van der Waals surface area contributed by atoms with E-state index in [1.807, 2.05) is 0 Å². The van der Waals surface area contributed by atoms with Gasteiger partial charge in [-0.2, -0.15) is 0 Å². The zero-order chi connectivity index (χ0) is 13.4. The van der Waals surface area contributed by atoms with Crippen LogP contribution in [0.4, 0.5) is 0 Å². The lowest BCUT2D eigenvalue weighted by atomic mass is 9.91. The molecule has 3 unspecified atom stereocenters. The highest BCUT2D eigenvalue weighted by Crippen LogP contribution is 2.20. The monoisotopic (exact) mass is 256 g/mol. The van der Waals surface area contributed by atoms with E-state index in [-0.39, 0.29) is 0 Å². The van der Waals surface area contributed by atoms with Gasteiger partial charge in [0.2, 0.25) is 0 Å². The zero-order valence-corrected chi connectivity index (χ0v) is 12.5. The number of hydrogen-bond acceptors (Lipinski definition) is 3. The van der Waals surface area contributed by atoms with Crippen LogP contribution in [0.3, 0.4) is 0 Å². The molecule has 108 valence electrons. The Labute approximate surface area is 113 Å². The quantitative estimate of drug-likeness (QED) is 0.698. The van der Waals surface area contributed by atoms with Gasteiger partial charge in [-0.05, 0) is 64.1 Å². The molecule has 18 heavy (non-hydrogen) atoms. The Balaban J connectivity index is 2.25. The maximum Gasteiger partial charge on any atom is 0.0434 e. The van der Waals surface area contributed by atoms with Gasteiger partial charge < -0.3 is 15.3 Å². The zero-order valence-electron chi connectivity index (χ0n) is 12.5. The summed E-state index contributed by atoms with van der Waals surface area (Å²) in [5.41, 5.74) is 0. The van der Waals surface area contributed by atoms with E-state index in [9.17, 15) is 0 Å². The van der Waals surface area contributed by atoms with Gasteiger partial charge >= 0.3 is 0 Å². The first-order valence-corrected chi connectivity index (χ1v) is 7.74. The maximum absolute atomic E-state index is 8.91. The van der Waals surface area contributed by atoms with Crippen molar-refractivity contribution in [3.05, 3.63) is 0 Å². The molecule has 1 aliphatic rings. The molecule has 0 saturated carbocycles. The Bertz CT molecular complexity index is 209. The van der Waals surface area contributed by atoms with Gasteiger partial charge in [-0.1, -0.05) is 13.8 Å². The molecule has 1 rings (SSSR count). The number of aliphatic hydroxyl groups excluding tert-OH is 1. The number of rotatable bonds is 8. The van der Waals surface area contributed by atoms with E-state index < -0.39 is 0 Å². The van der Waals surface area contributed by atoms with Crippen molar-refractivity contribution in [3.8, 4) is 0 Å². The van der Waals surface area contributed by atoms with E-state index >= 15 is 0 Å². The fourth-order valence-electron chi connectivity index (χ4n) is 2.89. The number of likely N-dealkylation sites (tertiary alicyclic amines) is 1. The second-order valence-corrected chi connectivity index (χ2v) is 6.02. The van der Waals surface area contributed by atoms with Crippen molar-refractivity contribution in [2.45, 2.75) is 52.5 Å². The van der Waals surface area contributed by atoms with Crippen LogP contribution in [0.5, 0.6) is 0 Å². The van der Waals surface area contributed by atoms with Crippen LogP contribution in [0.1, 0.15) is 46.5 Å². The minimum absolute atomic E-state index is 0.310. The molecule has 0 radical (unpaired) electrons. The van der Waals surface area contributed by atoms with Gasteiger partial charge in [-0.25, -0.2) is 0 Å². The number of nitrogens with zero attached hydrogens (tertiary/aromatic N) is 1. The largest absolute Gasteiger partial charge is 0.396 e. The van der Waals surface area contributed by atoms with Crippen molar-refractivity contribution in [1.29, 1.82) is 0 Å². The minimum Gasteiger partial charge on any atom is -0.396 e. The molecule has 0 aromatic heterocycles. The van der Waals surface area contributed by atoms with Crippen LogP contribution < -0.4 is 5.32 Å². The van der Waals surface area contributed by atoms with Crippen molar-refractivity contribution >= 4 is 0 Å². The molecule has 1 fully saturated rings. The van der Waals surface area contributed by atoms with Gasteiger partial charge in [0.15, 0.2) is 0 Å². The summed E-state index contributed by atoms with van der Waals surface area (Å²) in [5.74, 6) is 1.37. The summed E-state index contributed by atoms with van der Waals surface area (Å²) in [7, 11) is 0. The third kappa shape index (κ3) is 5.68. The molecule has 1 aliphatic heterocycles. The Morgan fingerprint density at radius 3 is 2.83 bits per heavy atom. The molecular formula is C15H32N2O. The minimum atomic E-state index is 0.310. The van der Waals surface area contributed by atoms with E-state index in [4.69, 9.17) is 5.11 Å². The Morgan fingerprint density at radius 1 is 1.39 bits per heavy atom. The lowest BCUT2D eigenvalue weighted by molar-refractivity contribution is 0.148. The Morgan fingerprint density at radius 2 is 2.17 bits per heavy atom. The van der Waals surface area contributed by atoms with E-state index in [1.54, 1.807) is 0 Å². The van der Waals surface area contributed by atoms with Gasteiger partial charge in [0.1, 0.15) is 0 Å². The van der Waals surface area contributed by atoms with Crippen LogP contribution >= 0.6 is 0 Å². The SMILES string of the molecule is CCCN1CCCC(C(C)NCC(C)CCO)C1. The van der Waals surface area contributed by atoms with Crippen LogP contribution in [0, 0.1) is 11.8 Å². The van der Waals surface area contributed by atoms with Crippen LogP contribution in [-0.2, 0) is 0 Å². The van der Waals surface area contributed by atoms with Gasteiger partial charge in [0, 0.05) is 19.2 Å². The average Bonchev–Trinajstić information content (AvgIpc) is 2.37. The van der Waals surface area contributed by atoms with E-state index in [0.717, 1.165) is 18.9 Å². The van der Waals surface area contributed by atoms with Crippen LogP contribution in [0.15, 0.2) is 0 Å². The van der Waals surface area contributed by atoms with E-state index in [2.05, 4.69) is 31.0 Å². The normalized spacial score (nSPS) is 25.0. The molecule has 0 aromatic rings. The smallest absolute Gasteiger partial charge is 0.0434 e. The first-order valence-electron chi connectivity index (χ1n) is 7.74. The Kier molecular flexibility index (Phi) is 7.87. The summed E-state index contributed by atoms with van der Waals surface area (Å²) in [6.45, 7) is 11.9. The van der Waals surface area contributed by atoms with Gasteiger partial charge in [-0.15, -0.1) is 0 Å². The molecule has 0 amide bonds. The third-order valence-corrected chi connectivity index (χ3v) is 4.20. The molecule has 1 saturated heterocycles. The summed E-state index contributed by atoms with van der Waals surface area (Å²) in [4.78, 5) is 2.61. The molecule has 0 bridgehead atoms. The molecule has 0 aromatic carbocycles. The molecule has 2 N–H and O–H groups in total. The van der Waals surface area contributed by atoms with Gasteiger partial charge in [0.05, 0.1) is 0 Å². The van der Waals surface area contributed by atoms with Crippen LogP contribution in [0.25, 0.3) is 0 Å². The number of piperidine rings is 1.